The van der Waals surface area contributed by atoms with Gasteiger partial charge in [-0.2, -0.15) is 0 Å². The van der Waals surface area contributed by atoms with Crippen LogP contribution in [-0.4, -0.2) is 46.8 Å². The van der Waals surface area contributed by atoms with Gasteiger partial charge in [0, 0.05) is 24.6 Å². The van der Waals surface area contributed by atoms with Crippen molar-refractivity contribution in [1.29, 1.82) is 0 Å². The molecule has 0 bridgehead atoms. The molecule has 0 aliphatic heterocycles. The molecule has 0 aromatic heterocycles. The van der Waals surface area contributed by atoms with Gasteiger partial charge < -0.3 is 15.1 Å². The van der Waals surface area contributed by atoms with Crippen molar-refractivity contribution in [3.05, 3.63) is 39.7 Å². The first-order valence-electron chi connectivity index (χ1n) is 6.15. The second kappa shape index (κ2) is 6.74. The summed E-state index contributed by atoms with van der Waals surface area (Å²) in [5.41, 5.74) is -1.01. The van der Waals surface area contributed by atoms with Crippen LogP contribution >= 0.6 is 0 Å². The molecule has 0 amide bonds. The minimum atomic E-state index is -0.741. The van der Waals surface area contributed by atoms with Crippen LogP contribution in [-0.2, 0) is 6.54 Å². The van der Waals surface area contributed by atoms with Crippen LogP contribution in [0.2, 0.25) is 0 Å². The van der Waals surface area contributed by atoms with E-state index in [0.717, 1.165) is 0 Å². The van der Waals surface area contributed by atoms with Crippen LogP contribution in [0.25, 0.3) is 0 Å². The van der Waals surface area contributed by atoms with E-state index in [-0.39, 0.29) is 37.6 Å². The predicted molar refractivity (Wildman–Crippen MR) is 71.7 cm³/mol. The zero-order chi connectivity index (χ0) is 15.3. The number of hydrogen-bond donors (Lipinski definition) is 2. The largest absolute Gasteiger partial charge is 0.396 e. The summed E-state index contributed by atoms with van der Waals surface area (Å²) in [7, 11) is 1.65. The van der Waals surface area contributed by atoms with E-state index in [2.05, 4.69) is 0 Å². The number of benzene rings is 1. The van der Waals surface area contributed by atoms with Crippen molar-refractivity contribution in [3.8, 4) is 0 Å². The van der Waals surface area contributed by atoms with Gasteiger partial charge in [0.05, 0.1) is 23.7 Å². The minimum Gasteiger partial charge on any atom is -0.396 e. The van der Waals surface area contributed by atoms with Crippen LogP contribution in [0.15, 0.2) is 18.2 Å². The van der Waals surface area contributed by atoms with Crippen molar-refractivity contribution >= 4 is 5.69 Å². The lowest BCUT2D eigenvalue weighted by atomic mass is 9.92. The highest BCUT2D eigenvalue weighted by Gasteiger charge is 2.26. The Labute approximate surface area is 116 Å². The van der Waals surface area contributed by atoms with Crippen molar-refractivity contribution < 1.29 is 19.5 Å². The van der Waals surface area contributed by atoms with Crippen molar-refractivity contribution in [1.82, 2.24) is 4.90 Å². The van der Waals surface area contributed by atoms with Gasteiger partial charge in [-0.3, -0.25) is 10.1 Å². The van der Waals surface area contributed by atoms with Crippen LogP contribution in [0.1, 0.15) is 12.5 Å². The molecule has 1 aromatic carbocycles. The molecule has 0 atom stereocenters. The molecule has 1 aromatic rings. The van der Waals surface area contributed by atoms with Crippen molar-refractivity contribution in [2.45, 2.75) is 13.5 Å². The summed E-state index contributed by atoms with van der Waals surface area (Å²) in [6.45, 7) is 1.53. The van der Waals surface area contributed by atoms with Gasteiger partial charge in [0.1, 0.15) is 5.82 Å². The van der Waals surface area contributed by atoms with E-state index in [0.29, 0.717) is 0 Å². The molecule has 0 heterocycles. The van der Waals surface area contributed by atoms with E-state index in [1.807, 2.05) is 0 Å². The molecular weight excluding hydrogens is 267 g/mol. The molecule has 0 spiro atoms. The first-order chi connectivity index (χ1) is 9.33. The van der Waals surface area contributed by atoms with Crippen LogP contribution in [0.3, 0.4) is 0 Å². The second-order valence-corrected chi connectivity index (χ2v) is 5.29. The van der Waals surface area contributed by atoms with Crippen molar-refractivity contribution in [2.75, 3.05) is 26.8 Å². The van der Waals surface area contributed by atoms with Crippen molar-refractivity contribution in [2.24, 2.45) is 5.41 Å². The van der Waals surface area contributed by atoms with E-state index >= 15 is 0 Å². The Morgan fingerprint density at radius 3 is 2.50 bits per heavy atom. The van der Waals surface area contributed by atoms with Crippen molar-refractivity contribution in [3.63, 3.8) is 0 Å². The number of rotatable bonds is 7. The molecule has 0 aliphatic carbocycles. The monoisotopic (exact) mass is 286 g/mol. The average Bonchev–Trinajstić information content (AvgIpc) is 2.40. The molecule has 20 heavy (non-hydrogen) atoms. The fourth-order valence-corrected chi connectivity index (χ4v) is 2.00. The zero-order valence-corrected chi connectivity index (χ0v) is 11.5. The molecule has 2 N–H and O–H groups in total. The van der Waals surface area contributed by atoms with Gasteiger partial charge in [-0.25, -0.2) is 4.39 Å². The molecule has 0 fully saturated rings. The van der Waals surface area contributed by atoms with Gasteiger partial charge in [0.2, 0.25) is 0 Å². The molecule has 0 unspecified atom stereocenters. The number of nitro benzene ring substituents is 1. The van der Waals surface area contributed by atoms with Gasteiger partial charge in [-0.05, 0) is 13.1 Å². The summed E-state index contributed by atoms with van der Waals surface area (Å²) in [5.74, 6) is -0.638. The van der Waals surface area contributed by atoms with E-state index in [1.54, 1.807) is 18.9 Å². The summed E-state index contributed by atoms with van der Waals surface area (Å²) in [6, 6.07) is 3.72. The number of nitrogens with zero attached hydrogens (tertiary/aromatic N) is 2. The summed E-state index contributed by atoms with van der Waals surface area (Å²) in [4.78, 5) is 11.9. The fraction of sp³-hybridized carbons (Fsp3) is 0.538. The molecule has 112 valence electrons. The van der Waals surface area contributed by atoms with E-state index in [9.17, 15) is 24.7 Å². The number of nitro groups is 1. The normalized spacial score (nSPS) is 11.9. The lowest BCUT2D eigenvalue weighted by Gasteiger charge is -2.30. The number of halogens is 1. The maximum atomic E-state index is 13.7. The molecule has 0 radical (unpaired) electrons. The Kier molecular flexibility index (Phi) is 5.55. The molecule has 1 rings (SSSR count). The quantitative estimate of drug-likeness (QED) is 0.580. The standard InChI is InChI=1S/C13H19FN2O4/c1-13(8-17,9-18)7-15(2)6-10-11(14)4-3-5-12(10)16(19)20/h3-5,17-18H,6-9H2,1-2H3. The Bertz CT molecular complexity index is 477. The first-order valence-corrected chi connectivity index (χ1v) is 6.15. The van der Waals surface area contributed by atoms with Gasteiger partial charge in [0.15, 0.2) is 0 Å². The molecule has 0 saturated carbocycles. The summed E-state index contributed by atoms with van der Waals surface area (Å²) >= 11 is 0. The fourth-order valence-electron chi connectivity index (χ4n) is 2.00. The van der Waals surface area contributed by atoms with E-state index in [1.165, 1.54) is 18.2 Å². The highest BCUT2D eigenvalue weighted by molar-refractivity contribution is 5.40. The number of aliphatic hydroxyl groups excluding tert-OH is 2. The van der Waals surface area contributed by atoms with Gasteiger partial charge in [0.25, 0.3) is 5.69 Å². The third kappa shape index (κ3) is 3.96. The molecule has 0 aliphatic rings. The van der Waals surface area contributed by atoms with Crippen LogP contribution < -0.4 is 0 Å². The summed E-state index contributed by atoms with van der Waals surface area (Å²) < 4.78 is 13.7. The Morgan fingerprint density at radius 1 is 1.40 bits per heavy atom. The van der Waals surface area contributed by atoms with Gasteiger partial charge in [-0.15, -0.1) is 0 Å². The van der Waals surface area contributed by atoms with Crippen LogP contribution in [0.4, 0.5) is 10.1 Å². The Hall–Kier alpha value is -1.57. The average molecular weight is 286 g/mol. The Balaban J connectivity index is 2.91. The second-order valence-electron chi connectivity index (χ2n) is 5.29. The number of hydrogen-bond acceptors (Lipinski definition) is 5. The topological polar surface area (TPSA) is 86.8 Å². The smallest absolute Gasteiger partial charge is 0.276 e. The van der Waals surface area contributed by atoms with E-state index in [4.69, 9.17) is 0 Å². The van der Waals surface area contributed by atoms with Gasteiger partial charge in [-0.1, -0.05) is 13.0 Å². The predicted octanol–water partition coefficient (Wildman–Crippen LogP) is 1.16. The molecular formula is C13H19FN2O4. The maximum absolute atomic E-state index is 13.7. The highest BCUT2D eigenvalue weighted by Crippen LogP contribution is 2.24. The molecule has 6 nitrogen and oxygen atoms in total. The van der Waals surface area contributed by atoms with Crippen LogP contribution in [0, 0.1) is 21.3 Å². The minimum absolute atomic E-state index is 0.00164. The maximum Gasteiger partial charge on any atom is 0.276 e. The first kappa shape index (κ1) is 16.5. The molecule has 0 saturated heterocycles. The highest BCUT2D eigenvalue weighted by atomic mass is 19.1. The lowest BCUT2D eigenvalue weighted by molar-refractivity contribution is -0.385. The van der Waals surface area contributed by atoms with Crippen LogP contribution in [0.5, 0.6) is 0 Å². The third-order valence-electron chi connectivity index (χ3n) is 3.13. The Morgan fingerprint density at radius 2 is 2.00 bits per heavy atom. The van der Waals surface area contributed by atoms with Gasteiger partial charge >= 0.3 is 0 Å². The summed E-state index contributed by atoms with van der Waals surface area (Å²) in [6.07, 6.45) is 0. The lowest BCUT2D eigenvalue weighted by Crippen LogP contribution is -2.38. The molecule has 7 heteroatoms. The summed E-state index contributed by atoms with van der Waals surface area (Å²) in [5, 5.41) is 29.4. The SMILES string of the molecule is CN(Cc1c(F)cccc1[N+](=O)[O-])CC(C)(CO)CO. The van der Waals surface area contributed by atoms with E-state index < -0.39 is 16.2 Å². The zero-order valence-electron chi connectivity index (χ0n) is 11.5. The third-order valence-corrected chi connectivity index (χ3v) is 3.13. The number of aliphatic hydroxyl groups is 2.